The first-order valence-electron chi connectivity index (χ1n) is 8.45. The topological polar surface area (TPSA) is 73.4 Å². The molecule has 1 aromatic carbocycles. The van der Waals surface area contributed by atoms with Crippen LogP contribution in [0, 0.1) is 6.92 Å². The Hall–Kier alpha value is -2.64. The van der Waals surface area contributed by atoms with Crippen LogP contribution in [-0.4, -0.2) is 39.5 Å². The zero-order valence-electron chi connectivity index (χ0n) is 15.5. The van der Waals surface area contributed by atoms with Crippen molar-refractivity contribution in [1.82, 2.24) is 19.8 Å². The van der Waals surface area contributed by atoms with E-state index in [2.05, 4.69) is 10.3 Å². The second-order valence-electron chi connectivity index (χ2n) is 6.21. The van der Waals surface area contributed by atoms with Crippen LogP contribution in [0.25, 0.3) is 11.3 Å². The highest BCUT2D eigenvalue weighted by atomic mass is 35.5. The fourth-order valence-corrected chi connectivity index (χ4v) is 3.07. The van der Waals surface area contributed by atoms with Crippen molar-refractivity contribution in [2.24, 2.45) is 7.05 Å². The second kappa shape index (κ2) is 8.37. The highest BCUT2D eigenvalue weighted by Crippen LogP contribution is 2.27. The van der Waals surface area contributed by atoms with Crippen LogP contribution in [0.1, 0.15) is 17.0 Å². The van der Waals surface area contributed by atoms with Gasteiger partial charge in [0, 0.05) is 31.5 Å². The molecule has 142 valence electrons. The number of benzene rings is 1. The highest BCUT2D eigenvalue weighted by molar-refractivity contribution is 6.31. The standard InChI is InChI=1S/C19H21ClN4O3/c1-13-15(19(22-27-13)14-7-5-4-6-8-14)9-24(18(25)12-26-3)11-17-16(20)10-23(2)21-17/h4-8,10H,9,11-12H2,1-3H3. The van der Waals surface area contributed by atoms with E-state index in [0.717, 1.165) is 16.8 Å². The molecule has 0 aliphatic carbocycles. The van der Waals surface area contributed by atoms with Crippen LogP contribution in [0.5, 0.6) is 0 Å². The van der Waals surface area contributed by atoms with Crippen LogP contribution < -0.4 is 0 Å². The number of aryl methyl sites for hydroxylation is 2. The summed E-state index contributed by atoms with van der Waals surface area (Å²) < 4.78 is 12.1. The fraction of sp³-hybridized carbons (Fsp3) is 0.316. The van der Waals surface area contributed by atoms with E-state index >= 15 is 0 Å². The Morgan fingerprint density at radius 2 is 2.04 bits per heavy atom. The Morgan fingerprint density at radius 1 is 1.30 bits per heavy atom. The molecule has 0 unspecified atom stereocenters. The molecule has 0 aliphatic heterocycles. The van der Waals surface area contributed by atoms with Gasteiger partial charge in [-0.2, -0.15) is 5.10 Å². The maximum atomic E-state index is 12.6. The number of aromatic nitrogens is 3. The van der Waals surface area contributed by atoms with E-state index in [0.29, 0.717) is 23.0 Å². The van der Waals surface area contributed by atoms with Gasteiger partial charge in [-0.25, -0.2) is 0 Å². The zero-order chi connectivity index (χ0) is 19.4. The van der Waals surface area contributed by atoms with Gasteiger partial charge in [0.1, 0.15) is 23.8 Å². The number of methoxy groups -OCH3 is 1. The molecule has 2 heterocycles. The summed E-state index contributed by atoms with van der Waals surface area (Å²) in [7, 11) is 3.28. The van der Waals surface area contributed by atoms with E-state index in [-0.39, 0.29) is 19.1 Å². The van der Waals surface area contributed by atoms with Gasteiger partial charge in [0.2, 0.25) is 5.91 Å². The minimum absolute atomic E-state index is 0.0323. The number of amides is 1. The first-order valence-corrected chi connectivity index (χ1v) is 8.82. The van der Waals surface area contributed by atoms with Crippen LogP contribution >= 0.6 is 11.6 Å². The minimum Gasteiger partial charge on any atom is -0.375 e. The normalized spacial score (nSPS) is 11.0. The number of hydrogen-bond acceptors (Lipinski definition) is 5. The summed E-state index contributed by atoms with van der Waals surface area (Å²) in [6, 6.07) is 9.72. The van der Waals surface area contributed by atoms with Gasteiger partial charge >= 0.3 is 0 Å². The molecule has 0 bridgehead atoms. The zero-order valence-corrected chi connectivity index (χ0v) is 16.2. The average molecular weight is 389 g/mol. The third-order valence-corrected chi connectivity index (χ3v) is 4.51. The van der Waals surface area contributed by atoms with Gasteiger partial charge in [-0.1, -0.05) is 47.1 Å². The van der Waals surface area contributed by atoms with Gasteiger partial charge in [0.15, 0.2) is 0 Å². The van der Waals surface area contributed by atoms with Crippen molar-refractivity contribution in [3.63, 3.8) is 0 Å². The van der Waals surface area contributed by atoms with Crippen molar-refractivity contribution in [1.29, 1.82) is 0 Å². The molecule has 3 aromatic rings. The summed E-state index contributed by atoms with van der Waals surface area (Å²) in [6.45, 7) is 2.38. The van der Waals surface area contributed by atoms with Gasteiger partial charge in [-0.3, -0.25) is 9.48 Å². The van der Waals surface area contributed by atoms with E-state index in [9.17, 15) is 4.79 Å². The van der Waals surface area contributed by atoms with Gasteiger partial charge in [-0.15, -0.1) is 0 Å². The van der Waals surface area contributed by atoms with Gasteiger partial charge in [0.05, 0.1) is 18.1 Å². The smallest absolute Gasteiger partial charge is 0.249 e. The van der Waals surface area contributed by atoms with E-state index in [1.54, 1.807) is 22.8 Å². The molecule has 0 N–H and O–H groups in total. The molecule has 8 heteroatoms. The summed E-state index contributed by atoms with van der Waals surface area (Å²) in [4.78, 5) is 14.3. The minimum atomic E-state index is -0.168. The van der Waals surface area contributed by atoms with E-state index < -0.39 is 0 Å². The molecule has 2 aromatic heterocycles. The van der Waals surface area contributed by atoms with Crippen molar-refractivity contribution in [3.8, 4) is 11.3 Å². The predicted octanol–water partition coefficient (Wildman–Crippen LogP) is 3.21. The Balaban J connectivity index is 1.92. The van der Waals surface area contributed by atoms with Gasteiger partial charge in [-0.05, 0) is 6.92 Å². The summed E-state index contributed by atoms with van der Waals surface area (Å²) in [6.07, 6.45) is 1.70. The molecule has 27 heavy (non-hydrogen) atoms. The number of carbonyl (C=O) groups excluding carboxylic acids is 1. The largest absolute Gasteiger partial charge is 0.375 e. The van der Waals surface area contributed by atoms with Gasteiger partial charge in [0.25, 0.3) is 0 Å². The number of hydrogen-bond donors (Lipinski definition) is 0. The van der Waals surface area contributed by atoms with Crippen LogP contribution in [-0.2, 0) is 29.7 Å². The number of rotatable bonds is 7. The van der Waals surface area contributed by atoms with E-state index in [1.165, 1.54) is 7.11 Å². The molecule has 0 atom stereocenters. The Morgan fingerprint density at radius 3 is 2.67 bits per heavy atom. The highest BCUT2D eigenvalue weighted by Gasteiger charge is 2.23. The molecule has 3 rings (SSSR count). The molecule has 0 spiro atoms. The molecule has 1 amide bonds. The maximum absolute atomic E-state index is 12.6. The molecule has 0 saturated carbocycles. The van der Waals surface area contributed by atoms with Crippen LogP contribution in [0.4, 0.5) is 0 Å². The Kier molecular flexibility index (Phi) is 5.93. The van der Waals surface area contributed by atoms with E-state index in [1.807, 2.05) is 37.3 Å². The number of ether oxygens (including phenoxy) is 1. The molecular weight excluding hydrogens is 368 g/mol. The van der Waals surface area contributed by atoms with E-state index in [4.69, 9.17) is 20.9 Å². The maximum Gasteiger partial charge on any atom is 0.249 e. The van der Waals surface area contributed by atoms with Crippen molar-refractivity contribution >= 4 is 17.5 Å². The van der Waals surface area contributed by atoms with Crippen LogP contribution in [0.2, 0.25) is 5.02 Å². The SMILES string of the molecule is COCC(=O)N(Cc1nn(C)cc1Cl)Cc1c(-c2ccccc2)noc1C. The molecule has 0 aliphatic rings. The third-order valence-electron chi connectivity index (χ3n) is 4.20. The van der Waals surface area contributed by atoms with Crippen molar-refractivity contribution in [3.05, 3.63) is 58.6 Å². The number of carbonyl (C=O) groups is 1. The lowest BCUT2D eigenvalue weighted by Crippen LogP contribution is -2.33. The first kappa shape index (κ1) is 19.1. The molecule has 0 fully saturated rings. The number of nitrogens with zero attached hydrogens (tertiary/aromatic N) is 4. The summed E-state index contributed by atoms with van der Waals surface area (Å²) in [5, 5.41) is 9.03. The molecule has 7 nitrogen and oxygen atoms in total. The van der Waals surface area contributed by atoms with Crippen LogP contribution in [0.15, 0.2) is 41.1 Å². The molecule has 0 saturated heterocycles. The lowest BCUT2D eigenvalue weighted by atomic mass is 10.1. The first-order chi connectivity index (χ1) is 13.0. The molecular formula is C19H21ClN4O3. The second-order valence-corrected chi connectivity index (χ2v) is 6.62. The summed E-state index contributed by atoms with van der Waals surface area (Å²) in [5.41, 5.74) is 3.12. The lowest BCUT2D eigenvalue weighted by Gasteiger charge is -2.22. The van der Waals surface area contributed by atoms with Crippen molar-refractivity contribution in [2.45, 2.75) is 20.0 Å². The lowest BCUT2D eigenvalue weighted by molar-refractivity contribution is -0.136. The number of halogens is 1. The van der Waals surface area contributed by atoms with Crippen molar-refractivity contribution < 1.29 is 14.1 Å². The monoisotopic (exact) mass is 388 g/mol. The van der Waals surface area contributed by atoms with Crippen LogP contribution in [0.3, 0.4) is 0 Å². The quantitative estimate of drug-likeness (QED) is 0.621. The summed E-state index contributed by atoms with van der Waals surface area (Å²) >= 11 is 6.23. The average Bonchev–Trinajstić information content (AvgIpc) is 3.17. The Labute approximate surface area is 162 Å². The summed E-state index contributed by atoms with van der Waals surface area (Å²) in [5.74, 6) is 0.495. The third kappa shape index (κ3) is 4.37. The van der Waals surface area contributed by atoms with Crippen molar-refractivity contribution in [2.75, 3.05) is 13.7 Å². The molecule has 0 radical (unpaired) electrons. The predicted molar refractivity (Wildman–Crippen MR) is 101 cm³/mol. The Bertz CT molecular complexity index is 920. The van der Waals surface area contributed by atoms with Gasteiger partial charge < -0.3 is 14.2 Å². The fourth-order valence-electron chi connectivity index (χ4n) is 2.83.